The first-order valence-corrected chi connectivity index (χ1v) is 8.20. The monoisotopic (exact) mass is 404 g/mol. The molecule has 0 saturated carbocycles. The lowest BCUT2D eigenvalue weighted by Gasteiger charge is -2.05. The van der Waals surface area contributed by atoms with E-state index < -0.39 is 0 Å². The highest BCUT2D eigenvalue weighted by atomic mass is 79.9. The molecule has 24 heavy (non-hydrogen) atoms. The number of nitrogens with zero attached hydrogens (tertiary/aromatic N) is 3. The first-order valence-electron chi connectivity index (χ1n) is 7.00. The minimum absolute atomic E-state index is 0.124. The van der Waals surface area contributed by atoms with Crippen LogP contribution in [0, 0.1) is 4.77 Å². The molecule has 0 unspecified atom stereocenters. The molecule has 0 amide bonds. The number of nitrogens with one attached hydrogen (secondary N) is 1. The molecule has 2 aromatic carbocycles. The van der Waals surface area contributed by atoms with Gasteiger partial charge in [0.2, 0.25) is 4.77 Å². The molecular formula is C16H13BrN4O2S. The van der Waals surface area contributed by atoms with Crippen molar-refractivity contribution in [1.82, 2.24) is 14.9 Å². The van der Waals surface area contributed by atoms with Crippen molar-refractivity contribution in [3.8, 4) is 11.5 Å². The van der Waals surface area contributed by atoms with E-state index in [1.54, 1.807) is 18.2 Å². The molecule has 6 nitrogen and oxygen atoms in total. The highest BCUT2D eigenvalue weighted by molar-refractivity contribution is 9.10. The van der Waals surface area contributed by atoms with E-state index in [1.165, 1.54) is 10.9 Å². The van der Waals surface area contributed by atoms with Crippen LogP contribution in [0.25, 0.3) is 0 Å². The van der Waals surface area contributed by atoms with Crippen LogP contribution in [0.4, 0.5) is 0 Å². The van der Waals surface area contributed by atoms with Crippen LogP contribution < -0.4 is 4.74 Å². The molecule has 0 spiro atoms. The topological polar surface area (TPSA) is 75.4 Å². The van der Waals surface area contributed by atoms with Gasteiger partial charge in [0.25, 0.3) is 0 Å². The Hall–Kier alpha value is -2.45. The summed E-state index contributed by atoms with van der Waals surface area (Å²) < 4.78 is 8.30. The average Bonchev–Trinajstić information content (AvgIpc) is 2.95. The second kappa shape index (κ2) is 7.41. The SMILES string of the molecule is Oc1ccc(Br)cc1C=Nn1c(COc2ccccc2)n[nH]c1=S. The molecular weight excluding hydrogens is 392 g/mol. The number of rotatable bonds is 5. The predicted molar refractivity (Wildman–Crippen MR) is 97.0 cm³/mol. The van der Waals surface area contributed by atoms with Crippen LogP contribution in [0.15, 0.2) is 58.1 Å². The number of hydrogen-bond acceptors (Lipinski definition) is 5. The molecule has 0 aliphatic rings. The second-order valence-electron chi connectivity index (χ2n) is 4.81. The maximum absolute atomic E-state index is 9.86. The van der Waals surface area contributed by atoms with Crippen molar-refractivity contribution in [2.45, 2.75) is 6.61 Å². The number of phenolic OH excluding ortho intramolecular Hbond substituents is 1. The minimum Gasteiger partial charge on any atom is -0.507 e. The minimum atomic E-state index is 0.124. The first-order chi connectivity index (χ1) is 11.6. The van der Waals surface area contributed by atoms with Crippen molar-refractivity contribution in [2.24, 2.45) is 5.10 Å². The molecule has 1 aromatic heterocycles. The zero-order valence-electron chi connectivity index (χ0n) is 12.4. The van der Waals surface area contributed by atoms with E-state index >= 15 is 0 Å². The van der Waals surface area contributed by atoms with Crippen LogP contribution in [0.2, 0.25) is 0 Å². The lowest BCUT2D eigenvalue weighted by Crippen LogP contribution is -2.04. The Bertz CT molecular complexity index is 921. The Balaban J connectivity index is 1.81. The Morgan fingerprint density at radius 1 is 1.29 bits per heavy atom. The number of ether oxygens (including phenoxy) is 1. The summed E-state index contributed by atoms with van der Waals surface area (Å²) in [4.78, 5) is 0. The van der Waals surface area contributed by atoms with Crippen molar-refractivity contribution in [1.29, 1.82) is 0 Å². The highest BCUT2D eigenvalue weighted by Gasteiger charge is 2.07. The van der Waals surface area contributed by atoms with Gasteiger partial charge >= 0.3 is 0 Å². The lowest BCUT2D eigenvalue weighted by atomic mass is 10.2. The Labute approximate surface area is 151 Å². The van der Waals surface area contributed by atoms with Crippen LogP contribution >= 0.6 is 28.1 Å². The number of aromatic hydroxyl groups is 1. The number of para-hydroxylation sites is 1. The van der Waals surface area contributed by atoms with E-state index in [0.717, 1.165) is 10.2 Å². The third-order valence-corrected chi connectivity index (χ3v) is 3.89. The lowest BCUT2D eigenvalue weighted by molar-refractivity contribution is 0.290. The fourth-order valence-corrected chi connectivity index (χ4v) is 2.53. The summed E-state index contributed by atoms with van der Waals surface area (Å²) in [6.45, 7) is 0.207. The smallest absolute Gasteiger partial charge is 0.216 e. The summed E-state index contributed by atoms with van der Waals surface area (Å²) in [6, 6.07) is 14.5. The molecule has 2 N–H and O–H groups in total. The van der Waals surface area contributed by atoms with E-state index in [4.69, 9.17) is 17.0 Å². The highest BCUT2D eigenvalue weighted by Crippen LogP contribution is 2.20. The molecule has 3 aromatic rings. The molecule has 3 rings (SSSR count). The molecule has 0 aliphatic carbocycles. The standard InChI is InChI=1S/C16H13BrN4O2S/c17-12-6-7-14(22)11(8-12)9-18-21-15(19-20-16(21)24)10-23-13-4-2-1-3-5-13/h1-9,22H,10H2,(H,20,24). The maximum atomic E-state index is 9.86. The number of halogens is 1. The summed E-state index contributed by atoms with van der Waals surface area (Å²) in [5.74, 6) is 1.38. The first kappa shape index (κ1) is 16.4. The maximum Gasteiger partial charge on any atom is 0.216 e. The Kier molecular flexibility index (Phi) is 5.07. The van der Waals surface area contributed by atoms with Crippen molar-refractivity contribution in [3.63, 3.8) is 0 Å². The van der Waals surface area contributed by atoms with Crippen molar-refractivity contribution < 1.29 is 9.84 Å². The van der Waals surface area contributed by atoms with Gasteiger partial charge < -0.3 is 9.84 Å². The number of H-pyrrole nitrogens is 1. The van der Waals surface area contributed by atoms with Crippen LogP contribution in [0.1, 0.15) is 11.4 Å². The summed E-state index contributed by atoms with van der Waals surface area (Å²) in [5.41, 5.74) is 0.558. The van der Waals surface area contributed by atoms with E-state index in [2.05, 4.69) is 31.2 Å². The third kappa shape index (κ3) is 3.90. The average molecular weight is 405 g/mol. The number of aromatic amines is 1. The van der Waals surface area contributed by atoms with Gasteiger partial charge in [-0.3, -0.25) is 0 Å². The van der Waals surface area contributed by atoms with Crippen molar-refractivity contribution >= 4 is 34.4 Å². The summed E-state index contributed by atoms with van der Waals surface area (Å²) >= 11 is 8.54. The van der Waals surface area contributed by atoms with Crippen LogP contribution in [-0.4, -0.2) is 26.2 Å². The number of phenols is 1. The number of benzene rings is 2. The fourth-order valence-electron chi connectivity index (χ4n) is 1.95. The van der Waals surface area contributed by atoms with Gasteiger partial charge in [-0.2, -0.15) is 14.9 Å². The normalized spacial score (nSPS) is 11.0. The van der Waals surface area contributed by atoms with E-state index in [9.17, 15) is 5.11 Å². The number of hydrogen-bond donors (Lipinski definition) is 2. The zero-order valence-corrected chi connectivity index (χ0v) is 14.8. The van der Waals surface area contributed by atoms with Gasteiger partial charge in [0, 0.05) is 10.0 Å². The fraction of sp³-hybridized carbons (Fsp3) is 0.0625. The van der Waals surface area contributed by atoms with Gasteiger partial charge in [-0.15, -0.1) is 0 Å². The van der Waals surface area contributed by atoms with Crippen molar-refractivity contribution in [3.05, 3.63) is 69.2 Å². The van der Waals surface area contributed by atoms with E-state index in [0.29, 0.717) is 16.2 Å². The molecule has 0 radical (unpaired) electrons. The molecule has 1 heterocycles. The molecule has 0 aliphatic heterocycles. The van der Waals surface area contributed by atoms with Gasteiger partial charge in [-0.25, -0.2) is 5.10 Å². The summed E-state index contributed by atoms with van der Waals surface area (Å²) in [6.07, 6.45) is 1.51. The van der Waals surface area contributed by atoms with Crippen LogP contribution in [0.3, 0.4) is 0 Å². The summed E-state index contributed by atoms with van der Waals surface area (Å²) in [5, 5.41) is 20.9. The van der Waals surface area contributed by atoms with Crippen LogP contribution in [0.5, 0.6) is 11.5 Å². The quantitative estimate of drug-likeness (QED) is 0.499. The molecule has 0 atom stereocenters. The Morgan fingerprint density at radius 2 is 2.08 bits per heavy atom. The van der Waals surface area contributed by atoms with Gasteiger partial charge in [-0.05, 0) is 42.5 Å². The van der Waals surface area contributed by atoms with E-state index in [-0.39, 0.29) is 12.4 Å². The predicted octanol–water partition coefficient (Wildman–Crippen LogP) is 3.87. The van der Waals surface area contributed by atoms with E-state index in [1.807, 2.05) is 30.3 Å². The molecule has 0 bridgehead atoms. The third-order valence-electron chi connectivity index (χ3n) is 3.13. The largest absolute Gasteiger partial charge is 0.507 e. The molecule has 0 saturated heterocycles. The zero-order chi connectivity index (χ0) is 16.9. The molecule has 0 fully saturated rings. The van der Waals surface area contributed by atoms with Crippen molar-refractivity contribution in [2.75, 3.05) is 0 Å². The van der Waals surface area contributed by atoms with Gasteiger partial charge in [-0.1, -0.05) is 34.1 Å². The molecule has 122 valence electrons. The second-order valence-corrected chi connectivity index (χ2v) is 6.11. The number of aromatic nitrogens is 3. The van der Waals surface area contributed by atoms with Gasteiger partial charge in [0.15, 0.2) is 5.82 Å². The Morgan fingerprint density at radius 3 is 2.88 bits per heavy atom. The van der Waals surface area contributed by atoms with Gasteiger partial charge in [0.05, 0.1) is 6.21 Å². The summed E-state index contributed by atoms with van der Waals surface area (Å²) in [7, 11) is 0. The van der Waals surface area contributed by atoms with Crippen LogP contribution in [-0.2, 0) is 6.61 Å². The van der Waals surface area contributed by atoms with Gasteiger partial charge in [0.1, 0.15) is 18.1 Å². The molecule has 8 heteroatoms.